The molecule has 1 aliphatic heterocycles. The Morgan fingerprint density at radius 3 is 2.57 bits per heavy atom. The minimum absolute atomic E-state index is 0.0862. The first-order valence-corrected chi connectivity index (χ1v) is 9.52. The van der Waals surface area contributed by atoms with Crippen LogP contribution in [0.3, 0.4) is 0 Å². The van der Waals surface area contributed by atoms with E-state index in [9.17, 15) is 18.0 Å². The highest BCUT2D eigenvalue weighted by molar-refractivity contribution is 6.34. The van der Waals surface area contributed by atoms with Gasteiger partial charge in [0, 0.05) is 18.7 Å². The maximum Gasteiger partial charge on any atom is 0.429 e. The van der Waals surface area contributed by atoms with Crippen LogP contribution in [-0.4, -0.2) is 35.8 Å². The molecule has 1 N–H and O–H groups in total. The number of amides is 1. The van der Waals surface area contributed by atoms with E-state index in [4.69, 9.17) is 11.6 Å². The molecule has 2 rings (SSSR count). The number of carbonyl (C=O) groups excluding carboxylic acids is 1. The maximum absolute atomic E-state index is 13.0. The molecular formula is C20H25ClF3N3O. The highest BCUT2D eigenvalue weighted by Gasteiger charge is 2.32. The molecular weight excluding hydrogens is 391 g/mol. The Morgan fingerprint density at radius 2 is 2.00 bits per heavy atom. The molecule has 0 spiro atoms. The first-order chi connectivity index (χ1) is 13.0. The van der Waals surface area contributed by atoms with Crippen molar-refractivity contribution in [2.45, 2.75) is 59.2 Å². The second-order valence-corrected chi connectivity index (χ2v) is 7.50. The van der Waals surface area contributed by atoms with Gasteiger partial charge in [-0.25, -0.2) is 0 Å². The van der Waals surface area contributed by atoms with Crippen LogP contribution in [0.15, 0.2) is 22.8 Å². The fourth-order valence-corrected chi connectivity index (χ4v) is 3.59. The topological polar surface area (TPSA) is 44.7 Å². The molecule has 1 aliphatic rings. The molecule has 0 bridgehead atoms. The van der Waals surface area contributed by atoms with Crippen molar-refractivity contribution in [2.75, 3.05) is 12.4 Å². The first kappa shape index (κ1) is 22.3. The van der Waals surface area contributed by atoms with Gasteiger partial charge in [-0.1, -0.05) is 24.9 Å². The van der Waals surface area contributed by atoms with E-state index >= 15 is 0 Å². The minimum Gasteiger partial charge on any atom is -0.370 e. The van der Waals surface area contributed by atoms with E-state index in [-0.39, 0.29) is 24.1 Å². The predicted octanol–water partition coefficient (Wildman–Crippen LogP) is 5.67. The number of carbonyl (C=O) groups is 1. The van der Waals surface area contributed by atoms with Gasteiger partial charge in [0.15, 0.2) is 0 Å². The fourth-order valence-electron chi connectivity index (χ4n) is 3.30. The summed E-state index contributed by atoms with van der Waals surface area (Å²) in [5, 5.41) is 3.07. The molecule has 1 atom stereocenters. The molecule has 1 amide bonds. The molecule has 4 nitrogen and oxygen atoms in total. The number of nitrogens with one attached hydrogen (secondary N) is 1. The van der Waals surface area contributed by atoms with E-state index in [1.165, 1.54) is 0 Å². The third-order valence-electron chi connectivity index (χ3n) is 4.87. The molecule has 0 aliphatic carbocycles. The van der Waals surface area contributed by atoms with Crippen LogP contribution >= 0.6 is 11.6 Å². The summed E-state index contributed by atoms with van der Waals surface area (Å²) in [5.41, 5.74) is 1.82. The average Bonchev–Trinajstić information content (AvgIpc) is 2.95. The Bertz CT molecular complexity index is 831. The maximum atomic E-state index is 13.0. The molecule has 1 aromatic rings. The number of alkyl halides is 3. The number of aliphatic imine (C=N–C) groups is 1. The van der Waals surface area contributed by atoms with Gasteiger partial charge in [0.05, 0.1) is 28.5 Å². The van der Waals surface area contributed by atoms with Crippen molar-refractivity contribution in [3.63, 3.8) is 0 Å². The van der Waals surface area contributed by atoms with E-state index < -0.39 is 11.9 Å². The lowest BCUT2D eigenvalue weighted by molar-refractivity contribution is -0.115. The van der Waals surface area contributed by atoms with Gasteiger partial charge in [-0.3, -0.25) is 9.79 Å². The van der Waals surface area contributed by atoms with E-state index in [0.29, 0.717) is 22.0 Å². The van der Waals surface area contributed by atoms with Crippen LogP contribution in [0.2, 0.25) is 5.02 Å². The summed E-state index contributed by atoms with van der Waals surface area (Å²) >= 11 is 6.34. The van der Waals surface area contributed by atoms with Crippen molar-refractivity contribution in [3.8, 4) is 0 Å². The number of nitrogens with zero attached hydrogens (tertiary/aromatic N) is 2. The highest BCUT2D eigenvalue weighted by Crippen LogP contribution is 2.37. The lowest BCUT2D eigenvalue weighted by Crippen LogP contribution is -2.28. The van der Waals surface area contributed by atoms with Crippen molar-refractivity contribution in [1.82, 2.24) is 4.90 Å². The Kier molecular flexibility index (Phi) is 6.80. The summed E-state index contributed by atoms with van der Waals surface area (Å²) in [6.45, 7) is 6.58. The molecule has 1 heterocycles. The quantitative estimate of drug-likeness (QED) is 0.608. The summed E-state index contributed by atoms with van der Waals surface area (Å²) in [7, 11) is 1.84. The molecule has 0 fully saturated rings. The molecule has 154 valence electrons. The van der Waals surface area contributed by atoms with Crippen LogP contribution < -0.4 is 5.32 Å². The molecule has 28 heavy (non-hydrogen) atoms. The Labute approximate surface area is 168 Å². The van der Waals surface area contributed by atoms with Crippen molar-refractivity contribution in [1.29, 1.82) is 0 Å². The molecule has 1 unspecified atom stereocenters. The molecule has 0 aromatic heterocycles. The second-order valence-electron chi connectivity index (χ2n) is 7.09. The Balaban J connectivity index is 2.63. The SMILES string of the molecule is CCCC(C)N(C)/C(=C(C)/N=C(\C)C(F)(F)F)c1cc(Cl)c2c(c1)CC(=O)N2. The van der Waals surface area contributed by atoms with Crippen LogP contribution in [0, 0.1) is 0 Å². The number of allylic oxidation sites excluding steroid dienone is 1. The zero-order valence-electron chi connectivity index (χ0n) is 16.7. The number of rotatable bonds is 6. The van der Waals surface area contributed by atoms with E-state index in [0.717, 1.165) is 25.3 Å². The lowest BCUT2D eigenvalue weighted by Gasteiger charge is -2.31. The zero-order valence-corrected chi connectivity index (χ0v) is 17.4. The van der Waals surface area contributed by atoms with Gasteiger partial charge in [-0.2, -0.15) is 13.2 Å². The second kappa shape index (κ2) is 8.55. The van der Waals surface area contributed by atoms with Crippen LogP contribution in [0.5, 0.6) is 0 Å². The summed E-state index contributed by atoms with van der Waals surface area (Å²) < 4.78 is 39.0. The van der Waals surface area contributed by atoms with E-state index in [1.807, 2.05) is 18.9 Å². The molecule has 0 radical (unpaired) electrons. The number of halogens is 4. The molecule has 8 heteroatoms. The van der Waals surface area contributed by atoms with Gasteiger partial charge in [0.1, 0.15) is 5.71 Å². The first-order valence-electron chi connectivity index (χ1n) is 9.14. The third kappa shape index (κ3) is 4.87. The van der Waals surface area contributed by atoms with Gasteiger partial charge in [0.25, 0.3) is 0 Å². The van der Waals surface area contributed by atoms with Crippen LogP contribution in [-0.2, 0) is 11.2 Å². The molecule has 0 saturated carbocycles. The highest BCUT2D eigenvalue weighted by atomic mass is 35.5. The number of benzene rings is 1. The largest absolute Gasteiger partial charge is 0.429 e. The third-order valence-corrected chi connectivity index (χ3v) is 5.17. The number of hydrogen-bond acceptors (Lipinski definition) is 3. The number of anilines is 1. The normalized spacial score (nSPS) is 16.5. The average molecular weight is 416 g/mol. The van der Waals surface area contributed by atoms with Crippen molar-refractivity contribution in [3.05, 3.63) is 34.0 Å². The van der Waals surface area contributed by atoms with E-state index in [1.54, 1.807) is 19.1 Å². The standard InChI is InChI=1S/C20H25ClF3N3O/c1-6-7-11(2)27(5)19(12(3)25-13(4)20(22,23)24)15-8-14-10-17(28)26-18(14)16(21)9-15/h8-9,11H,6-7,10H2,1-5H3,(H,26,28)/b19-12+,25-13+. The van der Waals surface area contributed by atoms with Crippen molar-refractivity contribution < 1.29 is 18.0 Å². The minimum atomic E-state index is -4.49. The summed E-state index contributed by atoms with van der Waals surface area (Å²) in [6, 6.07) is 3.55. The smallest absolute Gasteiger partial charge is 0.370 e. The van der Waals surface area contributed by atoms with Crippen LogP contribution in [0.25, 0.3) is 5.70 Å². The van der Waals surface area contributed by atoms with Gasteiger partial charge in [-0.05, 0) is 44.9 Å². The van der Waals surface area contributed by atoms with Gasteiger partial charge >= 0.3 is 6.18 Å². The summed E-state index contributed by atoms with van der Waals surface area (Å²) in [4.78, 5) is 17.5. The van der Waals surface area contributed by atoms with E-state index in [2.05, 4.69) is 17.2 Å². The monoisotopic (exact) mass is 415 g/mol. The summed E-state index contributed by atoms with van der Waals surface area (Å²) in [5.74, 6) is -0.157. The molecule has 1 aromatic carbocycles. The van der Waals surface area contributed by atoms with Crippen LogP contribution in [0.4, 0.5) is 18.9 Å². The Morgan fingerprint density at radius 1 is 1.36 bits per heavy atom. The van der Waals surface area contributed by atoms with Crippen molar-refractivity contribution in [2.24, 2.45) is 4.99 Å². The lowest BCUT2D eigenvalue weighted by atomic mass is 10.0. The number of fused-ring (bicyclic) bond motifs is 1. The zero-order chi connectivity index (χ0) is 21.2. The fraction of sp³-hybridized carbons (Fsp3) is 0.500. The van der Waals surface area contributed by atoms with Gasteiger partial charge in [-0.15, -0.1) is 0 Å². The Hall–Kier alpha value is -2.02. The predicted molar refractivity (Wildman–Crippen MR) is 108 cm³/mol. The molecule has 0 saturated heterocycles. The van der Waals surface area contributed by atoms with Crippen LogP contribution in [0.1, 0.15) is 51.7 Å². The summed E-state index contributed by atoms with van der Waals surface area (Å²) in [6.07, 6.45) is -2.50. The van der Waals surface area contributed by atoms with Gasteiger partial charge < -0.3 is 10.2 Å². The van der Waals surface area contributed by atoms with Crippen molar-refractivity contribution >= 4 is 34.6 Å². The number of hydrogen-bond donors (Lipinski definition) is 1. The van der Waals surface area contributed by atoms with Gasteiger partial charge in [0.2, 0.25) is 5.91 Å².